The number of carbonyl (C=O) groups is 4. The topological polar surface area (TPSA) is 137 Å². The van der Waals surface area contributed by atoms with Crippen LogP contribution in [0.15, 0.2) is 72.8 Å². The third kappa shape index (κ3) is 9.04. The zero-order valence-corrected chi connectivity index (χ0v) is 25.0. The molecule has 1 fully saturated rings. The highest BCUT2D eigenvalue weighted by molar-refractivity contribution is 6.40. The molecule has 1 saturated heterocycles. The van der Waals surface area contributed by atoms with Gasteiger partial charge in [0, 0.05) is 30.2 Å². The minimum absolute atomic E-state index is 0.121. The molecule has 0 saturated carbocycles. The van der Waals surface area contributed by atoms with Crippen LogP contribution in [0.2, 0.25) is 5.02 Å². The number of halogens is 1. The van der Waals surface area contributed by atoms with Crippen LogP contribution in [0.3, 0.4) is 0 Å². The summed E-state index contributed by atoms with van der Waals surface area (Å²) >= 11 is 6.17. The normalized spacial score (nSPS) is 15.4. The highest BCUT2D eigenvalue weighted by Gasteiger charge is 2.27. The van der Waals surface area contributed by atoms with E-state index in [1.54, 1.807) is 45.0 Å². The van der Waals surface area contributed by atoms with Crippen molar-refractivity contribution < 1.29 is 29.0 Å². The van der Waals surface area contributed by atoms with Crippen LogP contribution in [-0.4, -0.2) is 59.6 Å². The average Bonchev–Trinajstić information content (AvgIpc) is 3.38. The summed E-state index contributed by atoms with van der Waals surface area (Å²) in [6.45, 7) is 6.28. The van der Waals surface area contributed by atoms with Gasteiger partial charge in [0.1, 0.15) is 11.6 Å². The fraction of sp³-hybridized carbons (Fsp3) is 0.312. The predicted octanol–water partition coefficient (Wildman–Crippen LogP) is 4.17. The van der Waals surface area contributed by atoms with Gasteiger partial charge in [-0.15, -0.1) is 0 Å². The highest BCUT2D eigenvalue weighted by atomic mass is 35.5. The Morgan fingerprint density at radius 1 is 0.977 bits per heavy atom. The molecular weight excluding hydrogens is 572 g/mol. The van der Waals surface area contributed by atoms with E-state index in [0.29, 0.717) is 47.2 Å². The average molecular weight is 607 g/mol. The third-order valence-electron chi connectivity index (χ3n) is 6.61. The number of esters is 1. The lowest BCUT2D eigenvalue weighted by atomic mass is 10.0. The van der Waals surface area contributed by atoms with Crippen LogP contribution in [0.4, 0.5) is 17.1 Å². The Bertz CT molecular complexity index is 1470. The zero-order chi connectivity index (χ0) is 31.1. The molecule has 1 aliphatic heterocycles. The van der Waals surface area contributed by atoms with Crippen LogP contribution in [0, 0.1) is 0 Å². The Balaban J connectivity index is 1.47. The van der Waals surface area contributed by atoms with Gasteiger partial charge < -0.3 is 30.7 Å². The SMILES string of the molecule is CC(C)(C)OC(=O)c1ccc(NC(=O)[C@H](Cc2ccccc2)NC(=O)C(=O)Nc2cc(Cl)ccc2N2CC[C@@H](O)C2)cc1. The molecule has 1 aliphatic rings. The van der Waals surface area contributed by atoms with Gasteiger partial charge in [-0.1, -0.05) is 41.9 Å². The minimum Gasteiger partial charge on any atom is -0.456 e. The summed E-state index contributed by atoms with van der Waals surface area (Å²) in [5.74, 6) is -3.03. The standard InChI is InChI=1S/C32H35ClN4O6/c1-32(2,3)43-31(42)21-9-12-23(13-10-21)34-28(39)26(17-20-7-5-4-6-8-20)36-30(41)29(40)35-25-18-22(33)11-14-27(25)37-16-15-24(38)19-37/h4-14,18,24,26,38H,15-17,19H2,1-3H3,(H,34,39)(H,35,40)(H,36,41)/t24-,26+/m1/s1. The van der Waals surface area contributed by atoms with E-state index >= 15 is 0 Å². The molecule has 10 nitrogen and oxygen atoms in total. The molecule has 0 unspecified atom stereocenters. The summed E-state index contributed by atoms with van der Waals surface area (Å²) in [4.78, 5) is 53.7. The van der Waals surface area contributed by atoms with Crippen LogP contribution in [0.5, 0.6) is 0 Å². The molecule has 0 spiro atoms. The Morgan fingerprint density at radius 2 is 1.67 bits per heavy atom. The van der Waals surface area contributed by atoms with Gasteiger partial charge in [0.2, 0.25) is 5.91 Å². The van der Waals surface area contributed by atoms with Crippen LogP contribution in [0.25, 0.3) is 0 Å². The number of hydrogen-bond donors (Lipinski definition) is 4. The monoisotopic (exact) mass is 606 g/mol. The second kappa shape index (κ2) is 13.7. The molecule has 226 valence electrons. The lowest BCUT2D eigenvalue weighted by Crippen LogP contribution is -2.49. The van der Waals surface area contributed by atoms with Gasteiger partial charge in [-0.3, -0.25) is 14.4 Å². The molecule has 0 aromatic heterocycles. The molecule has 3 aromatic rings. The van der Waals surface area contributed by atoms with Crippen molar-refractivity contribution in [2.75, 3.05) is 28.6 Å². The first kappa shape index (κ1) is 31.5. The number of aliphatic hydroxyl groups excluding tert-OH is 1. The van der Waals surface area contributed by atoms with Crippen LogP contribution < -0.4 is 20.9 Å². The first-order chi connectivity index (χ1) is 20.4. The van der Waals surface area contributed by atoms with Crippen molar-refractivity contribution in [2.45, 2.75) is 51.4 Å². The van der Waals surface area contributed by atoms with E-state index < -0.39 is 41.4 Å². The van der Waals surface area contributed by atoms with Crippen molar-refractivity contribution in [1.29, 1.82) is 0 Å². The van der Waals surface area contributed by atoms with Gasteiger partial charge in [0.15, 0.2) is 0 Å². The third-order valence-corrected chi connectivity index (χ3v) is 6.84. The molecule has 0 radical (unpaired) electrons. The lowest BCUT2D eigenvalue weighted by molar-refractivity contribution is -0.137. The number of nitrogens with one attached hydrogen (secondary N) is 3. The molecule has 3 amide bonds. The van der Waals surface area contributed by atoms with E-state index in [0.717, 1.165) is 5.56 Å². The number of carbonyl (C=O) groups excluding carboxylic acids is 4. The molecule has 0 aliphatic carbocycles. The number of β-amino-alcohol motifs (C(OH)–C–C–N with tert-alkyl or cyclic N) is 1. The Labute approximate surface area is 255 Å². The summed E-state index contributed by atoms with van der Waals surface area (Å²) in [7, 11) is 0. The lowest BCUT2D eigenvalue weighted by Gasteiger charge is -2.22. The largest absolute Gasteiger partial charge is 0.456 e. The zero-order valence-electron chi connectivity index (χ0n) is 24.2. The molecule has 3 aromatic carbocycles. The second-order valence-corrected chi connectivity index (χ2v) is 11.7. The number of anilines is 3. The van der Waals surface area contributed by atoms with E-state index in [-0.39, 0.29) is 6.42 Å². The van der Waals surface area contributed by atoms with E-state index in [9.17, 15) is 24.3 Å². The van der Waals surface area contributed by atoms with E-state index in [1.807, 2.05) is 35.2 Å². The smallest absolute Gasteiger partial charge is 0.338 e. The number of aliphatic hydroxyl groups is 1. The maximum absolute atomic E-state index is 13.3. The van der Waals surface area contributed by atoms with Gasteiger partial charge in [0.25, 0.3) is 0 Å². The van der Waals surface area contributed by atoms with Crippen LogP contribution >= 0.6 is 11.6 Å². The van der Waals surface area contributed by atoms with E-state index in [4.69, 9.17) is 16.3 Å². The van der Waals surface area contributed by atoms with Crippen molar-refractivity contribution in [2.24, 2.45) is 0 Å². The maximum atomic E-state index is 13.3. The fourth-order valence-corrected chi connectivity index (χ4v) is 4.73. The summed E-state index contributed by atoms with van der Waals surface area (Å²) in [5.41, 5.74) is 1.78. The Morgan fingerprint density at radius 3 is 2.30 bits per heavy atom. The van der Waals surface area contributed by atoms with Gasteiger partial charge >= 0.3 is 17.8 Å². The first-order valence-corrected chi connectivity index (χ1v) is 14.3. The maximum Gasteiger partial charge on any atom is 0.338 e. The first-order valence-electron chi connectivity index (χ1n) is 13.9. The Kier molecular flexibility index (Phi) is 10.1. The number of hydrogen-bond acceptors (Lipinski definition) is 7. The van der Waals surface area contributed by atoms with Gasteiger partial charge in [-0.05, 0) is 75.2 Å². The summed E-state index contributed by atoms with van der Waals surface area (Å²) < 4.78 is 5.37. The van der Waals surface area contributed by atoms with Gasteiger partial charge in [-0.2, -0.15) is 0 Å². The number of nitrogens with zero attached hydrogens (tertiary/aromatic N) is 1. The molecule has 0 bridgehead atoms. The summed E-state index contributed by atoms with van der Waals surface area (Å²) in [6, 6.07) is 19.1. The predicted molar refractivity (Wildman–Crippen MR) is 165 cm³/mol. The fourth-order valence-electron chi connectivity index (χ4n) is 4.56. The number of ether oxygens (including phenoxy) is 1. The van der Waals surface area contributed by atoms with Crippen molar-refractivity contribution in [1.82, 2.24) is 5.32 Å². The van der Waals surface area contributed by atoms with Gasteiger partial charge in [0.05, 0.1) is 23.0 Å². The summed E-state index contributed by atoms with van der Waals surface area (Å²) in [6.07, 6.45) is 0.208. The molecular formula is C32H35ClN4O6. The Hall–Kier alpha value is -4.41. The molecule has 4 rings (SSSR count). The van der Waals surface area contributed by atoms with Crippen LogP contribution in [-0.2, 0) is 25.5 Å². The van der Waals surface area contributed by atoms with Crippen molar-refractivity contribution >= 4 is 52.4 Å². The van der Waals surface area contributed by atoms with Gasteiger partial charge in [-0.25, -0.2) is 4.79 Å². The molecule has 1 heterocycles. The highest BCUT2D eigenvalue weighted by Crippen LogP contribution is 2.31. The molecule has 2 atom stereocenters. The van der Waals surface area contributed by atoms with Crippen molar-refractivity contribution in [3.05, 3.63) is 88.9 Å². The van der Waals surface area contributed by atoms with E-state index in [1.165, 1.54) is 18.2 Å². The number of amides is 3. The number of benzene rings is 3. The molecule has 11 heteroatoms. The van der Waals surface area contributed by atoms with Crippen molar-refractivity contribution in [3.8, 4) is 0 Å². The molecule has 4 N–H and O–H groups in total. The van der Waals surface area contributed by atoms with Crippen LogP contribution in [0.1, 0.15) is 43.1 Å². The van der Waals surface area contributed by atoms with Crippen molar-refractivity contribution in [3.63, 3.8) is 0 Å². The molecule has 43 heavy (non-hydrogen) atoms. The summed E-state index contributed by atoms with van der Waals surface area (Å²) in [5, 5.41) is 18.2. The number of rotatable bonds is 8. The van der Waals surface area contributed by atoms with E-state index in [2.05, 4.69) is 16.0 Å². The quantitative estimate of drug-likeness (QED) is 0.223. The second-order valence-electron chi connectivity index (χ2n) is 11.3. The minimum atomic E-state index is -1.10.